The smallest absolute Gasteiger partial charge is 0.264 e. The van der Waals surface area contributed by atoms with Gasteiger partial charge < -0.3 is 0 Å². The third-order valence-electron chi connectivity index (χ3n) is 3.31. The summed E-state index contributed by atoms with van der Waals surface area (Å²) in [7, 11) is -4.04. The maximum absolute atomic E-state index is 12.8. The van der Waals surface area contributed by atoms with Crippen LogP contribution in [0.5, 0.6) is 0 Å². The van der Waals surface area contributed by atoms with Gasteiger partial charge in [-0.3, -0.25) is 4.72 Å². The number of nitrogens with one attached hydrogen (secondary N) is 1. The standard InChI is InChI=1S/C16H11F3N2O2S/c17-16(18,19)13-8-4-7-12(9-13)15-10-14(20-24(22,23)21-15)11-5-2-1-3-6-11/h1-10,20H. The van der Waals surface area contributed by atoms with E-state index in [4.69, 9.17) is 0 Å². The van der Waals surface area contributed by atoms with E-state index in [9.17, 15) is 21.6 Å². The zero-order chi connectivity index (χ0) is 17.4. The van der Waals surface area contributed by atoms with Gasteiger partial charge in [-0.15, -0.1) is 4.40 Å². The summed E-state index contributed by atoms with van der Waals surface area (Å²) in [5.41, 5.74) is -0.0196. The van der Waals surface area contributed by atoms with E-state index in [2.05, 4.69) is 9.12 Å². The number of nitrogens with zero attached hydrogens (tertiary/aromatic N) is 1. The van der Waals surface area contributed by atoms with Crippen molar-refractivity contribution in [2.45, 2.75) is 6.18 Å². The number of rotatable bonds is 2. The normalized spacial score (nSPS) is 16.8. The topological polar surface area (TPSA) is 58.5 Å². The second kappa shape index (κ2) is 5.79. The lowest BCUT2D eigenvalue weighted by molar-refractivity contribution is -0.137. The van der Waals surface area contributed by atoms with Crippen LogP contribution in [0.3, 0.4) is 0 Å². The van der Waals surface area contributed by atoms with E-state index in [1.807, 2.05) is 0 Å². The SMILES string of the molecule is O=S1(=O)N=C(c2cccc(C(F)(F)F)c2)C=C(c2ccccc2)N1. The molecule has 2 aromatic rings. The van der Waals surface area contributed by atoms with Gasteiger partial charge in [0.25, 0.3) is 0 Å². The highest BCUT2D eigenvalue weighted by molar-refractivity contribution is 7.88. The van der Waals surface area contributed by atoms with Crippen LogP contribution in [0.15, 0.2) is 65.1 Å². The van der Waals surface area contributed by atoms with Crippen LogP contribution in [-0.4, -0.2) is 14.1 Å². The minimum atomic E-state index is -4.52. The van der Waals surface area contributed by atoms with Crippen LogP contribution in [0.25, 0.3) is 5.70 Å². The highest BCUT2D eigenvalue weighted by Gasteiger charge is 2.31. The fraction of sp³-hybridized carbons (Fsp3) is 0.0625. The van der Waals surface area contributed by atoms with E-state index in [0.29, 0.717) is 5.56 Å². The van der Waals surface area contributed by atoms with E-state index in [1.165, 1.54) is 18.2 Å². The molecule has 3 rings (SSSR count). The predicted octanol–water partition coefficient (Wildman–Crippen LogP) is 3.38. The van der Waals surface area contributed by atoms with Crippen molar-refractivity contribution in [1.82, 2.24) is 4.72 Å². The molecule has 2 aromatic carbocycles. The second-order valence-corrected chi connectivity index (χ2v) is 6.39. The lowest BCUT2D eigenvalue weighted by Gasteiger charge is -2.16. The van der Waals surface area contributed by atoms with Gasteiger partial charge in [-0.2, -0.15) is 21.6 Å². The third kappa shape index (κ3) is 3.48. The Labute approximate surface area is 136 Å². The predicted molar refractivity (Wildman–Crippen MR) is 84.5 cm³/mol. The van der Waals surface area contributed by atoms with Gasteiger partial charge in [-0.05, 0) is 23.8 Å². The molecule has 0 atom stereocenters. The molecule has 124 valence electrons. The quantitative estimate of drug-likeness (QED) is 0.901. The second-order valence-electron chi connectivity index (χ2n) is 5.06. The molecule has 0 radical (unpaired) electrons. The number of benzene rings is 2. The molecule has 24 heavy (non-hydrogen) atoms. The molecule has 0 saturated heterocycles. The van der Waals surface area contributed by atoms with Crippen molar-refractivity contribution in [1.29, 1.82) is 0 Å². The Morgan fingerprint density at radius 2 is 1.58 bits per heavy atom. The first-order chi connectivity index (χ1) is 11.2. The molecule has 0 saturated carbocycles. The Morgan fingerprint density at radius 1 is 0.917 bits per heavy atom. The van der Waals surface area contributed by atoms with Crippen LogP contribution in [0, 0.1) is 0 Å². The van der Waals surface area contributed by atoms with Gasteiger partial charge in [0.15, 0.2) is 0 Å². The van der Waals surface area contributed by atoms with Gasteiger partial charge in [-0.1, -0.05) is 42.5 Å². The number of hydrogen-bond donors (Lipinski definition) is 1. The Bertz CT molecular complexity index is 933. The third-order valence-corrected chi connectivity index (χ3v) is 4.22. The zero-order valence-electron chi connectivity index (χ0n) is 12.1. The molecule has 0 spiro atoms. The number of halogens is 3. The monoisotopic (exact) mass is 352 g/mol. The molecular weight excluding hydrogens is 341 g/mol. The number of alkyl halides is 3. The van der Waals surface area contributed by atoms with Gasteiger partial charge >= 0.3 is 16.4 Å². The Balaban J connectivity index is 2.09. The maximum atomic E-state index is 12.8. The number of hydrogen-bond acceptors (Lipinski definition) is 2. The van der Waals surface area contributed by atoms with Crippen molar-refractivity contribution >= 4 is 21.6 Å². The van der Waals surface area contributed by atoms with Crippen LogP contribution in [0.1, 0.15) is 16.7 Å². The molecule has 8 heteroatoms. The van der Waals surface area contributed by atoms with Crippen LogP contribution in [0.4, 0.5) is 13.2 Å². The molecule has 1 heterocycles. The molecular formula is C16H11F3N2O2S. The maximum Gasteiger partial charge on any atom is 0.416 e. The fourth-order valence-electron chi connectivity index (χ4n) is 2.23. The average Bonchev–Trinajstić information content (AvgIpc) is 2.53. The minimum Gasteiger partial charge on any atom is -0.264 e. The van der Waals surface area contributed by atoms with Crippen LogP contribution in [0.2, 0.25) is 0 Å². The van der Waals surface area contributed by atoms with E-state index in [1.54, 1.807) is 30.3 Å². The van der Waals surface area contributed by atoms with Gasteiger partial charge in [0.05, 0.1) is 17.0 Å². The van der Waals surface area contributed by atoms with Crippen molar-refractivity contribution in [3.8, 4) is 0 Å². The Hall–Kier alpha value is -2.61. The highest BCUT2D eigenvalue weighted by Crippen LogP contribution is 2.30. The summed E-state index contributed by atoms with van der Waals surface area (Å²) in [5, 5.41) is 0. The van der Waals surface area contributed by atoms with Crippen LogP contribution in [-0.2, 0) is 16.4 Å². The van der Waals surface area contributed by atoms with Crippen molar-refractivity contribution < 1.29 is 21.6 Å². The van der Waals surface area contributed by atoms with Crippen molar-refractivity contribution in [3.05, 3.63) is 77.4 Å². The molecule has 1 aliphatic heterocycles. The zero-order valence-corrected chi connectivity index (χ0v) is 12.9. The Kier molecular flexibility index (Phi) is 3.92. The van der Waals surface area contributed by atoms with Crippen molar-refractivity contribution in [2.75, 3.05) is 0 Å². The van der Waals surface area contributed by atoms with Gasteiger partial charge in [0, 0.05) is 5.56 Å². The average molecular weight is 352 g/mol. The van der Waals surface area contributed by atoms with E-state index < -0.39 is 21.9 Å². The van der Waals surface area contributed by atoms with Gasteiger partial charge in [0.1, 0.15) is 0 Å². The summed E-state index contributed by atoms with van der Waals surface area (Å²) in [6.07, 6.45) is -3.11. The van der Waals surface area contributed by atoms with Crippen LogP contribution >= 0.6 is 0 Å². The molecule has 0 unspecified atom stereocenters. The molecule has 0 aromatic heterocycles. The first kappa shape index (κ1) is 16.3. The van der Waals surface area contributed by atoms with Crippen molar-refractivity contribution in [2.24, 2.45) is 4.40 Å². The lowest BCUT2D eigenvalue weighted by atomic mass is 10.0. The van der Waals surface area contributed by atoms with E-state index >= 15 is 0 Å². The molecule has 4 nitrogen and oxygen atoms in total. The molecule has 0 aliphatic carbocycles. The summed E-state index contributed by atoms with van der Waals surface area (Å²) in [5.74, 6) is 0. The molecule has 0 amide bonds. The summed E-state index contributed by atoms with van der Waals surface area (Å²) in [6, 6.07) is 13.0. The van der Waals surface area contributed by atoms with E-state index in [0.717, 1.165) is 12.1 Å². The van der Waals surface area contributed by atoms with Gasteiger partial charge in [-0.25, -0.2) is 0 Å². The summed E-state index contributed by atoms with van der Waals surface area (Å²) in [4.78, 5) is 0. The van der Waals surface area contributed by atoms with E-state index in [-0.39, 0.29) is 17.0 Å². The van der Waals surface area contributed by atoms with Crippen LogP contribution < -0.4 is 4.72 Å². The van der Waals surface area contributed by atoms with Crippen molar-refractivity contribution in [3.63, 3.8) is 0 Å². The highest BCUT2D eigenvalue weighted by atomic mass is 32.2. The fourth-order valence-corrected chi connectivity index (χ4v) is 3.15. The minimum absolute atomic E-state index is 0.0568. The molecule has 0 bridgehead atoms. The summed E-state index contributed by atoms with van der Waals surface area (Å²) < 4.78 is 68.2. The molecule has 1 aliphatic rings. The van der Waals surface area contributed by atoms with Gasteiger partial charge in [0.2, 0.25) is 0 Å². The lowest BCUT2D eigenvalue weighted by Crippen LogP contribution is -2.26. The number of allylic oxidation sites excluding steroid dienone is 1. The molecule has 1 N–H and O–H groups in total. The summed E-state index contributed by atoms with van der Waals surface area (Å²) >= 11 is 0. The molecule has 0 fully saturated rings. The largest absolute Gasteiger partial charge is 0.416 e. The summed E-state index contributed by atoms with van der Waals surface area (Å²) in [6.45, 7) is 0. The first-order valence-electron chi connectivity index (χ1n) is 6.82. The first-order valence-corrected chi connectivity index (χ1v) is 8.26. The Morgan fingerprint density at radius 3 is 2.25 bits per heavy atom.